The molecule has 0 aliphatic carbocycles. The lowest BCUT2D eigenvalue weighted by Gasteiger charge is -2.36. The van der Waals surface area contributed by atoms with Gasteiger partial charge in [-0.3, -0.25) is 9.89 Å². The maximum absolute atomic E-state index is 13.1. The quantitative estimate of drug-likeness (QED) is 0.721. The van der Waals surface area contributed by atoms with Crippen molar-refractivity contribution in [3.05, 3.63) is 47.5 Å². The van der Waals surface area contributed by atoms with Crippen LogP contribution in [0.3, 0.4) is 0 Å². The third-order valence-electron chi connectivity index (χ3n) is 4.55. The molecule has 3 N–H and O–H groups in total. The molecular weight excluding hydrogens is 339 g/mol. The number of rotatable bonds is 6. The Morgan fingerprint density at radius 2 is 2.19 bits per heavy atom. The first-order chi connectivity index (χ1) is 12.4. The summed E-state index contributed by atoms with van der Waals surface area (Å²) in [4.78, 5) is 14.4. The fourth-order valence-electron chi connectivity index (χ4n) is 2.82. The number of aliphatic hydroxyl groups is 1. The molecule has 140 valence electrons. The Morgan fingerprint density at radius 3 is 2.92 bits per heavy atom. The zero-order chi connectivity index (χ0) is 18.6. The number of ether oxygens (including phenoxy) is 1. The number of hydrogen-bond acceptors (Lipinski definition) is 5. The van der Waals surface area contributed by atoms with E-state index in [-0.39, 0.29) is 30.6 Å². The first-order valence-corrected chi connectivity index (χ1v) is 8.55. The van der Waals surface area contributed by atoms with E-state index in [1.807, 2.05) is 7.05 Å². The summed E-state index contributed by atoms with van der Waals surface area (Å²) in [6.07, 6.45) is 1.24. The third-order valence-corrected chi connectivity index (χ3v) is 4.55. The molecule has 26 heavy (non-hydrogen) atoms. The monoisotopic (exact) mass is 362 g/mol. The number of hydrogen-bond donors (Lipinski definition) is 3. The van der Waals surface area contributed by atoms with Crippen LogP contribution in [0.2, 0.25) is 0 Å². The van der Waals surface area contributed by atoms with E-state index in [1.165, 1.54) is 12.1 Å². The molecule has 1 aliphatic heterocycles. The molecule has 7 nitrogen and oxygen atoms in total. The van der Waals surface area contributed by atoms with Crippen molar-refractivity contribution in [2.45, 2.75) is 25.0 Å². The summed E-state index contributed by atoms with van der Waals surface area (Å²) in [6.45, 7) is 1.94. The van der Waals surface area contributed by atoms with E-state index in [2.05, 4.69) is 20.4 Å². The number of carbonyl (C=O) groups excluding carboxylic acids is 1. The molecule has 1 fully saturated rings. The van der Waals surface area contributed by atoms with Crippen molar-refractivity contribution < 1.29 is 19.0 Å². The summed E-state index contributed by atoms with van der Waals surface area (Å²) < 4.78 is 18.6. The van der Waals surface area contributed by atoms with E-state index in [4.69, 9.17) is 4.74 Å². The van der Waals surface area contributed by atoms with Crippen molar-refractivity contribution in [2.24, 2.45) is 0 Å². The van der Waals surface area contributed by atoms with Crippen LogP contribution in [-0.2, 0) is 6.61 Å². The number of halogens is 1. The van der Waals surface area contributed by atoms with Gasteiger partial charge in [-0.1, -0.05) is 6.07 Å². The lowest BCUT2D eigenvalue weighted by molar-refractivity contribution is -0.0135. The average molecular weight is 362 g/mol. The van der Waals surface area contributed by atoms with Crippen molar-refractivity contribution in [3.8, 4) is 5.75 Å². The number of likely N-dealkylation sites (tertiary alicyclic amines) is 1. The van der Waals surface area contributed by atoms with Gasteiger partial charge in [0.15, 0.2) is 0 Å². The number of aromatic amines is 1. The summed E-state index contributed by atoms with van der Waals surface area (Å²) in [5.41, 5.74) is -0.0567. The molecule has 2 aromatic rings. The first kappa shape index (κ1) is 18.3. The molecule has 0 atom stereocenters. The van der Waals surface area contributed by atoms with Crippen molar-refractivity contribution in [1.82, 2.24) is 20.4 Å². The first-order valence-electron chi connectivity index (χ1n) is 8.55. The van der Waals surface area contributed by atoms with Gasteiger partial charge in [-0.2, -0.15) is 5.10 Å². The summed E-state index contributed by atoms with van der Waals surface area (Å²) in [5.74, 6) is -0.334. The highest BCUT2D eigenvalue weighted by atomic mass is 19.1. The number of H-pyrrole nitrogens is 1. The Hall–Kier alpha value is -2.45. The number of piperidine rings is 1. The fraction of sp³-hybridized carbons (Fsp3) is 0.444. The van der Waals surface area contributed by atoms with Crippen molar-refractivity contribution >= 4 is 5.91 Å². The van der Waals surface area contributed by atoms with Crippen LogP contribution in [0.25, 0.3) is 0 Å². The second-order valence-corrected chi connectivity index (χ2v) is 6.73. The standard InChI is InChI=1S/C18H23FN4O3/c1-23-7-5-18(25,6-8-23)12-20-17(24)16-10-14(21-22-16)11-26-15-4-2-3-13(19)9-15/h2-4,9-10,25H,5-8,11-12H2,1H3,(H,20,24)(H,21,22). The molecule has 3 rings (SSSR count). The smallest absolute Gasteiger partial charge is 0.271 e. The van der Waals surface area contributed by atoms with Gasteiger partial charge in [0.2, 0.25) is 0 Å². The Bertz CT molecular complexity index is 756. The third kappa shape index (κ3) is 4.80. The molecule has 1 amide bonds. The Morgan fingerprint density at radius 1 is 1.42 bits per heavy atom. The zero-order valence-electron chi connectivity index (χ0n) is 14.7. The molecule has 0 spiro atoms. The van der Waals surface area contributed by atoms with Gasteiger partial charge in [0.25, 0.3) is 5.91 Å². The lowest BCUT2D eigenvalue weighted by atomic mass is 9.91. The normalized spacial score (nSPS) is 17.0. The Balaban J connectivity index is 1.50. The molecule has 8 heteroatoms. The van der Waals surface area contributed by atoms with Gasteiger partial charge in [0.1, 0.15) is 23.9 Å². The maximum Gasteiger partial charge on any atom is 0.271 e. The minimum atomic E-state index is -0.873. The molecule has 1 aliphatic rings. The molecule has 2 heterocycles. The molecule has 1 saturated heterocycles. The summed E-state index contributed by atoms with van der Waals surface area (Å²) in [7, 11) is 2.01. The number of nitrogens with zero attached hydrogens (tertiary/aromatic N) is 2. The van der Waals surface area contributed by atoms with Gasteiger partial charge in [0.05, 0.1) is 11.3 Å². The summed E-state index contributed by atoms with van der Waals surface area (Å²) in [6, 6.07) is 7.41. The molecular formula is C18H23FN4O3. The highest BCUT2D eigenvalue weighted by Crippen LogP contribution is 2.20. The van der Waals surface area contributed by atoms with Crippen molar-refractivity contribution in [1.29, 1.82) is 0 Å². The number of amides is 1. The van der Waals surface area contributed by atoms with Gasteiger partial charge in [-0.05, 0) is 38.1 Å². The van der Waals surface area contributed by atoms with Gasteiger partial charge in [0, 0.05) is 25.7 Å². The molecule has 1 aromatic heterocycles. The van der Waals surface area contributed by atoms with E-state index in [9.17, 15) is 14.3 Å². The molecule has 0 saturated carbocycles. The minimum Gasteiger partial charge on any atom is -0.487 e. The second-order valence-electron chi connectivity index (χ2n) is 6.73. The van der Waals surface area contributed by atoms with E-state index >= 15 is 0 Å². The van der Waals surface area contributed by atoms with Gasteiger partial charge < -0.3 is 20.1 Å². The summed E-state index contributed by atoms with van der Waals surface area (Å²) >= 11 is 0. The van der Waals surface area contributed by atoms with Crippen LogP contribution in [0.15, 0.2) is 30.3 Å². The number of carbonyl (C=O) groups is 1. The van der Waals surface area contributed by atoms with Crippen molar-refractivity contribution in [3.63, 3.8) is 0 Å². The fourth-order valence-corrected chi connectivity index (χ4v) is 2.82. The number of aromatic nitrogens is 2. The van der Waals surface area contributed by atoms with Crippen molar-refractivity contribution in [2.75, 3.05) is 26.7 Å². The second kappa shape index (κ2) is 7.84. The van der Waals surface area contributed by atoms with E-state index < -0.39 is 5.60 Å². The van der Waals surface area contributed by atoms with Crippen LogP contribution < -0.4 is 10.1 Å². The summed E-state index contributed by atoms with van der Waals surface area (Å²) in [5, 5.41) is 19.9. The van der Waals surface area contributed by atoms with Crippen LogP contribution in [0.5, 0.6) is 5.75 Å². The zero-order valence-corrected chi connectivity index (χ0v) is 14.7. The van der Waals surface area contributed by atoms with Gasteiger partial charge >= 0.3 is 0 Å². The van der Waals surface area contributed by atoms with Gasteiger partial charge in [-0.25, -0.2) is 4.39 Å². The van der Waals surface area contributed by atoms with Crippen LogP contribution in [0.1, 0.15) is 29.0 Å². The van der Waals surface area contributed by atoms with Crippen LogP contribution in [-0.4, -0.2) is 58.4 Å². The highest BCUT2D eigenvalue weighted by molar-refractivity contribution is 5.92. The van der Waals surface area contributed by atoms with E-state index in [0.717, 1.165) is 13.1 Å². The van der Waals surface area contributed by atoms with Crippen LogP contribution in [0, 0.1) is 5.82 Å². The lowest BCUT2D eigenvalue weighted by Crippen LogP contribution is -2.50. The predicted octanol–water partition coefficient (Wildman–Crippen LogP) is 1.31. The highest BCUT2D eigenvalue weighted by Gasteiger charge is 2.31. The molecule has 0 unspecified atom stereocenters. The predicted molar refractivity (Wildman–Crippen MR) is 93.3 cm³/mol. The molecule has 0 radical (unpaired) electrons. The number of benzene rings is 1. The largest absolute Gasteiger partial charge is 0.487 e. The topological polar surface area (TPSA) is 90.5 Å². The van der Waals surface area contributed by atoms with Crippen LogP contribution >= 0.6 is 0 Å². The van der Waals surface area contributed by atoms with Gasteiger partial charge in [-0.15, -0.1) is 0 Å². The number of nitrogens with one attached hydrogen (secondary N) is 2. The minimum absolute atomic E-state index is 0.139. The molecule has 1 aromatic carbocycles. The van der Waals surface area contributed by atoms with Crippen LogP contribution in [0.4, 0.5) is 4.39 Å². The SMILES string of the molecule is CN1CCC(O)(CNC(=O)c2cc(COc3cccc(F)c3)[nH]n2)CC1. The maximum atomic E-state index is 13.1. The Kier molecular flexibility index (Phi) is 5.53. The van der Waals surface area contributed by atoms with E-state index in [1.54, 1.807) is 18.2 Å². The Labute approximate surface area is 151 Å². The average Bonchev–Trinajstić information content (AvgIpc) is 3.10. The molecule has 0 bridgehead atoms. The van der Waals surface area contributed by atoms with E-state index in [0.29, 0.717) is 24.3 Å².